The van der Waals surface area contributed by atoms with Crippen LogP contribution in [0.1, 0.15) is 20.3 Å². The summed E-state index contributed by atoms with van der Waals surface area (Å²) < 4.78 is 13.7. The first-order valence-corrected chi connectivity index (χ1v) is 7.40. The SMILES string of the molecule is CC(C)CC(CNc1cc(F)c(I)cc1[N+](=O)[O-])C(=O)O. The van der Waals surface area contributed by atoms with E-state index in [0.29, 0.717) is 6.42 Å². The van der Waals surface area contributed by atoms with E-state index < -0.39 is 22.6 Å². The molecular weight excluding hydrogens is 394 g/mol. The molecule has 0 bridgehead atoms. The summed E-state index contributed by atoms with van der Waals surface area (Å²) in [6.45, 7) is 3.79. The molecule has 0 spiro atoms. The monoisotopic (exact) mass is 410 g/mol. The highest BCUT2D eigenvalue weighted by atomic mass is 127. The molecule has 0 aliphatic carbocycles. The molecule has 8 heteroatoms. The minimum Gasteiger partial charge on any atom is -0.481 e. The number of carboxylic acids is 1. The van der Waals surface area contributed by atoms with Crippen LogP contribution in [-0.2, 0) is 4.79 Å². The zero-order valence-electron chi connectivity index (χ0n) is 11.6. The van der Waals surface area contributed by atoms with Crippen molar-refractivity contribution in [2.24, 2.45) is 11.8 Å². The van der Waals surface area contributed by atoms with Crippen molar-refractivity contribution >= 4 is 39.9 Å². The van der Waals surface area contributed by atoms with Gasteiger partial charge in [0.2, 0.25) is 0 Å². The van der Waals surface area contributed by atoms with E-state index >= 15 is 0 Å². The first-order chi connectivity index (χ1) is 9.72. The average Bonchev–Trinajstić information content (AvgIpc) is 2.36. The summed E-state index contributed by atoms with van der Waals surface area (Å²) in [6.07, 6.45) is 0.434. The van der Waals surface area contributed by atoms with Crippen LogP contribution in [0.15, 0.2) is 12.1 Å². The zero-order valence-corrected chi connectivity index (χ0v) is 13.8. The van der Waals surface area contributed by atoms with Gasteiger partial charge in [0.05, 0.1) is 14.4 Å². The van der Waals surface area contributed by atoms with Crippen LogP contribution < -0.4 is 5.32 Å². The van der Waals surface area contributed by atoms with E-state index in [1.165, 1.54) is 0 Å². The topological polar surface area (TPSA) is 92.5 Å². The number of rotatable bonds is 7. The Morgan fingerprint density at radius 1 is 1.52 bits per heavy atom. The van der Waals surface area contributed by atoms with E-state index in [1.54, 1.807) is 22.6 Å². The molecule has 0 aliphatic heterocycles. The molecule has 1 atom stereocenters. The number of hydrogen-bond acceptors (Lipinski definition) is 4. The maximum Gasteiger partial charge on any atom is 0.308 e. The summed E-state index contributed by atoms with van der Waals surface area (Å²) in [4.78, 5) is 21.5. The molecule has 0 amide bonds. The van der Waals surface area contributed by atoms with Crippen molar-refractivity contribution in [2.75, 3.05) is 11.9 Å². The van der Waals surface area contributed by atoms with E-state index in [0.717, 1.165) is 12.1 Å². The molecule has 0 saturated carbocycles. The Bertz CT molecular complexity index is 551. The first-order valence-electron chi connectivity index (χ1n) is 6.32. The summed E-state index contributed by atoms with van der Waals surface area (Å²) in [5, 5.41) is 22.8. The van der Waals surface area contributed by atoms with Crippen LogP contribution in [0.5, 0.6) is 0 Å². The van der Waals surface area contributed by atoms with E-state index in [-0.39, 0.29) is 27.4 Å². The molecule has 116 valence electrons. The van der Waals surface area contributed by atoms with Gasteiger partial charge >= 0.3 is 5.97 Å². The highest BCUT2D eigenvalue weighted by Gasteiger charge is 2.22. The van der Waals surface area contributed by atoms with Gasteiger partial charge in [-0.15, -0.1) is 0 Å². The normalized spacial score (nSPS) is 12.2. The predicted molar refractivity (Wildman–Crippen MR) is 84.8 cm³/mol. The molecule has 1 aromatic rings. The van der Waals surface area contributed by atoms with Gasteiger partial charge in [-0.05, 0) is 34.9 Å². The van der Waals surface area contributed by atoms with Gasteiger partial charge in [0.25, 0.3) is 5.69 Å². The van der Waals surface area contributed by atoms with Crippen LogP contribution in [-0.4, -0.2) is 22.5 Å². The number of nitrogens with one attached hydrogen (secondary N) is 1. The first kappa shape index (κ1) is 17.6. The number of carboxylic acid groups (broad SMARTS) is 1. The van der Waals surface area contributed by atoms with Crippen molar-refractivity contribution < 1.29 is 19.2 Å². The quantitative estimate of drug-likeness (QED) is 0.408. The molecule has 0 aromatic heterocycles. The van der Waals surface area contributed by atoms with Crippen LogP contribution in [0.4, 0.5) is 15.8 Å². The minimum atomic E-state index is -0.982. The van der Waals surface area contributed by atoms with Gasteiger partial charge in [-0.1, -0.05) is 13.8 Å². The standard InChI is InChI=1S/C13H16FIN2O4/c1-7(2)3-8(13(18)19)6-16-11-4-9(14)10(15)5-12(11)17(20)21/h4-5,7-8,16H,3,6H2,1-2H3,(H,18,19). The lowest BCUT2D eigenvalue weighted by atomic mass is 9.97. The van der Waals surface area contributed by atoms with Crippen LogP contribution in [0.25, 0.3) is 0 Å². The van der Waals surface area contributed by atoms with Crippen molar-refractivity contribution in [2.45, 2.75) is 20.3 Å². The number of anilines is 1. The van der Waals surface area contributed by atoms with Gasteiger partial charge in [-0.25, -0.2) is 4.39 Å². The van der Waals surface area contributed by atoms with Gasteiger partial charge in [0.15, 0.2) is 0 Å². The molecule has 0 saturated heterocycles. The average molecular weight is 410 g/mol. The third-order valence-electron chi connectivity index (χ3n) is 2.88. The number of nitro benzene ring substituents is 1. The summed E-state index contributed by atoms with van der Waals surface area (Å²) in [5.74, 6) is -2.08. The molecule has 21 heavy (non-hydrogen) atoms. The van der Waals surface area contributed by atoms with Crippen molar-refractivity contribution in [3.05, 3.63) is 31.6 Å². The number of benzene rings is 1. The van der Waals surface area contributed by atoms with Crippen molar-refractivity contribution in [1.82, 2.24) is 0 Å². The summed E-state index contributed by atoms with van der Waals surface area (Å²) in [5.41, 5.74) is -0.276. The number of nitrogens with zero attached hydrogens (tertiary/aromatic N) is 1. The second-order valence-corrected chi connectivity index (χ2v) is 6.25. The largest absolute Gasteiger partial charge is 0.481 e. The Balaban J connectivity index is 2.93. The second kappa shape index (κ2) is 7.53. The molecule has 1 rings (SSSR count). The van der Waals surface area contributed by atoms with Gasteiger partial charge < -0.3 is 10.4 Å². The minimum absolute atomic E-state index is 0.00655. The van der Waals surface area contributed by atoms with Gasteiger partial charge in [0, 0.05) is 18.7 Å². The number of hydrogen-bond donors (Lipinski definition) is 2. The Hall–Kier alpha value is -1.45. The summed E-state index contributed by atoms with van der Waals surface area (Å²) >= 11 is 1.67. The molecule has 2 N–H and O–H groups in total. The maximum absolute atomic E-state index is 13.5. The third-order valence-corrected chi connectivity index (χ3v) is 3.71. The zero-order chi connectivity index (χ0) is 16.2. The van der Waals surface area contributed by atoms with Crippen molar-refractivity contribution in [1.29, 1.82) is 0 Å². The van der Waals surface area contributed by atoms with Crippen LogP contribution >= 0.6 is 22.6 Å². The lowest BCUT2D eigenvalue weighted by molar-refractivity contribution is -0.384. The van der Waals surface area contributed by atoms with Crippen molar-refractivity contribution in [3.8, 4) is 0 Å². The maximum atomic E-state index is 13.5. The number of carbonyl (C=O) groups is 1. The molecule has 0 heterocycles. The highest BCUT2D eigenvalue weighted by molar-refractivity contribution is 14.1. The highest BCUT2D eigenvalue weighted by Crippen LogP contribution is 2.29. The third kappa shape index (κ3) is 5.10. The van der Waals surface area contributed by atoms with Crippen molar-refractivity contribution in [3.63, 3.8) is 0 Å². The molecule has 0 radical (unpaired) electrons. The van der Waals surface area contributed by atoms with E-state index in [9.17, 15) is 19.3 Å². The second-order valence-electron chi connectivity index (χ2n) is 5.09. The Morgan fingerprint density at radius 2 is 2.14 bits per heavy atom. The molecular formula is C13H16FIN2O4. The Morgan fingerprint density at radius 3 is 2.62 bits per heavy atom. The molecule has 0 fully saturated rings. The Labute approximate surface area is 135 Å². The number of halogens is 2. The van der Waals surface area contributed by atoms with Gasteiger partial charge in [-0.3, -0.25) is 14.9 Å². The van der Waals surface area contributed by atoms with Crippen LogP contribution in [0.3, 0.4) is 0 Å². The van der Waals surface area contributed by atoms with E-state index in [1.807, 2.05) is 13.8 Å². The van der Waals surface area contributed by atoms with E-state index in [4.69, 9.17) is 5.11 Å². The Kier molecular flexibility index (Phi) is 6.31. The van der Waals surface area contributed by atoms with Gasteiger partial charge in [0.1, 0.15) is 11.5 Å². The predicted octanol–water partition coefficient (Wildman–Crippen LogP) is 3.50. The van der Waals surface area contributed by atoms with E-state index in [2.05, 4.69) is 5.32 Å². The molecule has 6 nitrogen and oxygen atoms in total. The van der Waals surface area contributed by atoms with Crippen LogP contribution in [0, 0.1) is 31.3 Å². The fourth-order valence-electron chi connectivity index (χ4n) is 1.90. The molecule has 1 unspecified atom stereocenters. The summed E-state index contributed by atoms with van der Waals surface area (Å²) in [7, 11) is 0. The lowest BCUT2D eigenvalue weighted by Gasteiger charge is -2.16. The van der Waals surface area contributed by atoms with Gasteiger partial charge in [-0.2, -0.15) is 0 Å². The smallest absolute Gasteiger partial charge is 0.308 e. The molecule has 1 aromatic carbocycles. The van der Waals surface area contributed by atoms with Crippen LogP contribution in [0.2, 0.25) is 0 Å². The molecule has 0 aliphatic rings. The number of aliphatic carboxylic acids is 1. The summed E-state index contributed by atoms with van der Waals surface area (Å²) in [6, 6.07) is 2.14. The fraction of sp³-hybridized carbons (Fsp3) is 0.462. The fourth-order valence-corrected chi connectivity index (χ4v) is 2.35. The number of nitro groups is 1. The lowest BCUT2D eigenvalue weighted by Crippen LogP contribution is -2.24.